The van der Waals surface area contributed by atoms with E-state index in [2.05, 4.69) is 10.5 Å². The van der Waals surface area contributed by atoms with Crippen LogP contribution in [0.1, 0.15) is 11.1 Å². The molecule has 37 heavy (non-hydrogen) atoms. The van der Waals surface area contributed by atoms with Crippen molar-refractivity contribution in [3.05, 3.63) is 125 Å². The Hall–Kier alpha value is -4.14. The van der Waals surface area contributed by atoms with E-state index in [9.17, 15) is 13.2 Å². The molecule has 0 saturated heterocycles. The summed E-state index contributed by atoms with van der Waals surface area (Å²) >= 11 is 5.97. The molecule has 0 spiro atoms. The highest BCUT2D eigenvalue weighted by atomic mass is 35.5. The van der Waals surface area contributed by atoms with Crippen molar-refractivity contribution in [3.63, 3.8) is 0 Å². The molecule has 4 aromatic rings. The molecule has 1 amide bonds. The van der Waals surface area contributed by atoms with Gasteiger partial charge in [-0.05, 0) is 54.1 Å². The zero-order valence-electron chi connectivity index (χ0n) is 19.7. The second kappa shape index (κ2) is 12.2. The average Bonchev–Trinajstić information content (AvgIpc) is 2.93. The lowest BCUT2D eigenvalue weighted by atomic mass is 10.2. The van der Waals surface area contributed by atoms with Crippen LogP contribution >= 0.6 is 11.6 Å². The zero-order chi connectivity index (χ0) is 26.1. The van der Waals surface area contributed by atoms with Crippen LogP contribution in [-0.4, -0.2) is 27.1 Å². The summed E-state index contributed by atoms with van der Waals surface area (Å²) < 4.78 is 33.6. The molecule has 9 heteroatoms. The van der Waals surface area contributed by atoms with Crippen molar-refractivity contribution in [1.82, 2.24) is 5.43 Å². The summed E-state index contributed by atoms with van der Waals surface area (Å²) in [4.78, 5) is 12.8. The molecule has 0 bridgehead atoms. The number of nitrogens with one attached hydrogen (secondary N) is 1. The topological polar surface area (TPSA) is 88.1 Å². The second-order valence-corrected chi connectivity index (χ2v) is 10.2. The van der Waals surface area contributed by atoms with E-state index < -0.39 is 22.5 Å². The first-order valence-corrected chi connectivity index (χ1v) is 13.2. The van der Waals surface area contributed by atoms with Crippen LogP contribution in [0.25, 0.3) is 0 Å². The molecule has 4 aromatic carbocycles. The van der Waals surface area contributed by atoms with Gasteiger partial charge in [0.15, 0.2) is 0 Å². The molecule has 0 aliphatic rings. The van der Waals surface area contributed by atoms with E-state index >= 15 is 0 Å². The number of rotatable bonds is 10. The predicted octanol–water partition coefficient (Wildman–Crippen LogP) is 5.26. The third-order valence-electron chi connectivity index (χ3n) is 5.28. The fourth-order valence-corrected chi connectivity index (χ4v) is 5.00. The predicted molar refractivity (Wildman–Crippen MR) is 145 cm³/mol. The van der Waals surface area contributed by atoms with Gasteiger partial charge in [-0.2, -0.15) is 5.10 Å². The zero-order valence-corrected chi connectivity index (χ0v) is 21.3. The van der Waals surface area contributed by atoms with Crippen LogP contribution < -0.4 is 14.5 Å². The number of carbonyl (C=O) groups is 1. The summed E-state index contributed by atoms with van der Waals surface area (Å²) in [6, 6.07) is 31.1. The molecule has 0 aromatic heterocycles. The first-order chi connectivity index (χ1) is 17.9. The SMILES string of the molecule is O=C(CN(c1ccc(Cl)cc1)S(=O)(=O)c1ccccc1)N/N=C\c1ccccc1OCc1ccccc1. The molecule has 0 unspecified atom stereocenters. The smallest absolute Gasteiger partial charge is 0.264 e. The molecule has 188 valence electrons. The Kier molecular flexibility index (Phi) is 8.56. The molecule has 0 fully saturated rings. The summed E-state index contributed by atoms with van der Waals surface area (Å²) in [5, 5.41) is 4.47. The number of nitrogens with zero attached hydrogens (tertiary/aromatic N) is 2. The minimum absolute atomic E-state index is 0.0609. The van der Waals surface area contributed by atoms with Gasteiger partial charge in [0, 0.05) is 10.6 Å². The molecule has 0 atom stereocenters. The maximum Gasteiger partial charge on any atom is 0.264 e. The highest BCUT2D eigenvalue weighted by Gasteiger charge is 2.27. The lowest BCUT2D eigenvalue weighted by Gasteiger charge is -2.23. The second-order valence-electron chi connectivity index (χ2n) is 7.91. The Morgan fingerprint density at radius 2 is 1.49 bits per heavy atom. The van der Waals surface area contributed by atoms with Gasteiger partial charge >= 0.3 is 0 Å². The molecule has 0 aliphatic heterocycles. The number of hydrogen-bond acceptors (Lipinski definition) is 5. The summed E-state index contributed by atoms with van der Waals surface area (Å²) in [6.45, 7) is -0.103. The van der Waals surface area contributed by atoms with Crippen molar-refractivity contribution in [2.24, 2.45) is 5.10 Å². The minimum Gasteiger partial charge on any atom is -0.488 e. The van der Waals surface area contributed by atoms with E-state index in [4.69, 9.17) is 16.3 Å². The first-order valence-electron chi connectivity index (χ1n) is 11.3. The van der Waals surface area contributed by atoms with E-state index in [0.29, 0.717) is 28.6 Å². The van der Waals surface area contributed by atoms with Gasteiger partial charge < -0.3 is 4.74 Å². The van der Waals surface area contributed by atoms with Crippen LogP contribution in [0.3, 0.4) is 0 Å². The highest BCUT2D eigenvalue weighted by molar-refractivity contribution is 7.92. The number of benzene rings is 4. The highest BCUT2D eigenvalue weighted by Crippen LogP contribution is 2.25. The number of hydrazone groups is 1. The van der Waals surface area contributed by atoms with Gasteiger partial charge in [-0.1, -0.05) is 72.3 Å². The molecule has 4 rings (SSSR count). The van der Waals surface area contributed by atoms with Crippen LogP contribution in [0.2, 0.25) is 5.02 Å². The number of hydrogen-bond donors (Lipinski definition) is 1. The third kappa shape index (κ3) is 6.97. The largest absolute Gasteiger partial charge is 0.488 e. The van der Waals surface area contributed by atoms with Crippen molar-refractivity contribution in [3.8, 4) is 5.75 Å². The third-order valence-corrected chi connectivity index (χ3v) is 7.32. The summed E-state index contributed by atoms with van der Waals surface area (Å²) in [5.41, 5.74) is 4.38. The standard InChI is InChI=1S/C28H24ClN3O4S/c29-24-15-17-25(18-16-24)32(37(34,35)26-12-5-2-6-13-26)20-28(33)31-30-19-23-11-7-8-14-27(23)36-21-22-9-3-1-4-10-22/h1-19H,20-21H2,(H,31,33)/b30-19-. The number of carbonyl (C=O) groups excluding carboxylic acids is 1. The van der Waals surface area contributed by atoms with E-state index in [1.54, 1.807) is 54.6 Å². The Bertz CT molecular complexity index is 1460. The fourth-order valence-electron chi connectivity index (χ4n) is 3.44. The molecule has 0 radical (unpaired) electrons. The van der Waals surface area contributed by atoms with E-state index in [1.165, 1.54) is 18.3 Å². The Labute approximate surface area is 221 Å². The van der Waals surface area contributed by atoms with Crippen LogP contribution in [0.4, 0.5) is 5.69 Å². The lowest BCUT2D eigenvalue weighted by Crippen LogP contribution is -2.39. The van der Waals surface area contributed by atoms with Gasteiger partial charge in [0.05, 0.1) is 16.8 Å². The number of halogens is 1. The maximum absolute atomic E-state index is 13.3. The van der Waals surface area contributed by atoms with Crippen molar-refractivity contribution < 1.29 is 17.9 Å². The number of anilines is 1. The van der Waals surface area contributed by atoms with Gasteiger partial charge in [0.25, 0.3) is 15.9 Å². The molecule has 0 saturated carbocycles. The molecule has 7 nitrogen and oxygen atoms in total. The number of ether oxygens (including phenoxy) is 1. The van der Waals surface area contributed by atoms with Crippen molar-refractivity contribution >= 4 is 39.4 Å². The van der Waals surface area contributed by atoms with E-state index in [-0.39, 0.29) is 4.90 Å². The molecule has 0 heterocycles. The van der Waals surface area contributed by atoms with Crippen molar-refractivity contribution in [2.75, 3.05) is 10.8 Å². The lowest BCUT2D eigenvalue weighted by molar-refractivity contribution is -0.119. The molecular formula is C28H24ClN3O4S. The maximum atomic E-state index is 13.3. The monoisotopic (exact) mass is 533 g/mol. The van der Waals surface area contributed by atoms with E-state index in [0.717, 1.165) is 9.87 Å². The fraction of sp³-hybridized carbons (Fsp3) is 0.0714. The van der Waals surface area contributed by atoms with E-state index in [1.807, 2.05) is 42.5 Å². The van der Waals surface area contributed by atoms with Crippen molar-refractivity contribution in [1.29, 1.82) is 0 Å². The molecule has 0 aliphatic carbocycles. The average molecular weight is 534 g/mol. The van der Waals surface area contributed by atoms with Gasteiger partial charge in [-0.15, -0.1) is 0 Å². The van der Waals surface area contributed by atoms with Gasteiger partial charge in [-0.25, -0.2) is 13.8 Å². The first kappa shape index (κ1) is 25.9. The summed E-state index contributed by atoms with van der Waals surface area (Å²) in [6.07, 6.45) is 1.45. The Balaban J connectivity index is 1.47. The van der Waals surface area contributed by atoms with Crippen LogP contribution in [0.15, 0.2) is 119 Å². The molecular weight excluding hydrogens is 510 g/mol. The van der Waals surface area contributed by atoms with Gasteiger partial charge in [0.1, 0.15) is 18.9 Å². The van der Waals surface area contributed by atoms with Crippen LogP contribution in [-0.2, 0) is 21.4 Å². The number of sulfonamides is 1. The molecule has 1 N–H and O–H groups in total. The number of para-hydroxylation sites is 1. The quantitative estimate of drug-likeness (QED) is 0.222. The van der Waals surface area contributed by atoms with Crippen LogP contribution in [0, 0.1) is 0 Å². The number of amides is 1. The van der Waals surface area contributed by atoms with Crippen molar-refractivity contribution in [2.45, 2.75) is 11.5 Å². The van der Waals surface area contributed by atoms with Gasteiger partial charge in [-0.3, -0.25) is 9.10 Å². The summed E-state index contributed by atoms with van der Waals surface area (Å²) in [7, 11) is -4.02. The normalized spacial score (nSPS) is 11.3. The van der Waals surface area contributed by atoms with Crippen LogP contribution in [0.5, 0.6) is 5.75 Å². The van der Waals surface area contributed by atoms with Gasteiger partial charge in [0.2, 0.25) is 0 Å². The minimum atomic E-state index is -4.02. The Morgan fingerprint density at radius 3 is 2.19 bits per heavy atom. The Morgan fingerprint density at radius 1 is 0.865 bits per heavy atom. The summed E-state index contributed by atoms with van der Waals surface area (Å²) in [5.74, 6) is -0.0211.